The molecule has 1 amide bonds. The zero-order valence-electron chi connectivity index (χ0n) is 15.0. The van der Waals surface area contributed by atoms with Crippen LogP contribution in [0.4, 0.5) is 5.82 Å². The molecule has 0 aliphatic carbocycles. The molecule has 7 heteroatoms. The Labute approximate surface area is 160 Å². The number of aromatic nitrogens is 2. The van der Waals surface area contributed by atoms with E-state index >= 15 is 0 Å². The highest BCUT2D eigenvalue weighted by molar-refractivity contribution is 6.08. The Morgan fingerprint density at radius 3 is 2.39 bits per heavy atom. The summed E-state index contributed by atoms with van der Waals surface area (Å²) in [4.78, 5) is 36.4. The van der Waals surface area contributed by atoms with Crippen molar-refractivity contribution in [3.8, 4) is 5.69 Å². The summed E-state index contributed by atoms with van der Waals surface area (Å²) < 4.78 is 1.54. The summed E-state index contributed by atoms with van der Waals surface area (Å²) in [7, 11) is 0. The summed E-state index contributed by atoms with van der Waals surface area (Å²) in [5, 5.41) is 16.4. The summed E-state index contributed by atoms with van der Waals surface area (Å²) >= 11 is 0. The first-order valence-corrected chi connectivity index (χ1v) is 8.78. The number of fused-ring (bicyclic) bond motifs is 1. The quantitative estimate of drug-likeness (QED) is 0.682. The first-order valence-electron chi connectivity index (χ1n) is 8.78. The van der Waals surface area contributed by atoms with Gasteiger partial charge in [0.25, 0.3) is 0 Å². The van der Waals surface area contributed by atoms with E-state index < -0.39 is 11.9 Å². The number of nitrogens with zero attached hydrogens (tertiary/aromatic N) is 2. The summed E-state index contributed by atoms with van der Waals surface area (Å²) in [6.45, 7) is 1.80. The first-order chi connectivity index (χ1) is 13.5. The number of carboxylic acid groups (broad SMARTS) is 1. The minimum absolute atomic E-state index is 0.0607. The summed E-state index contributed by atoms with van der Waals surface area (Å²) in [6.07, 6.45) is 0.0607. The van der Waals surface area contributed by atoms with Gasteiger partial charge in [0.05, 0.1) is 22.9 Å². The Morgan fingerprint density at radius 1 is 1.07 bits per heavy atom. The number of aromatic carboxylic acids is 1. The zero-order valence-corrected chi connectivity index (χ0v) is 15.0. The van der Waals surface area contributed by atoms with E-state index in [4.69, 9.17) is 5.11 Å². The van der Waals surface area contributed by atoms with Crippen LogP contribution in [0.3, 0.4) is 0 Å². The van der Waals surface area contributed by atoms with Gasteiger partial charge in [0.15, 0.2) is 5.78 Å². The van der Waals surface area contributed by atoms with Crippen molar-refractivity contribution >= 4 is 23.5 Å². The summed E-state index contributed by atoms with van der Waals surface area (Å²) in [5.74, 6) is -1.57. The molecule has 1 aliphatic rings. The third-order valence-corrected chi connectivity index (χ3v) is 4.84. The average molecular weight is 375 g/mol. The zero-order chi connectivity index (χ0) is 19.8. The van der Waals surface area contributed by atoms with Crippen LogP contribution in [0.2, 0.25) is 0 Å². The Kier molecular flexibility index (Phi) is 4.27. The summed E-state index contributed by atoms with van der Waals surface area (Å²) in [6, 6.07) is 15.1. The predicted molar refractivity (Wildman–Crippen MR) is 102 cm³/mol. The molecule has 2 aromatic carbocycles. The van der Waals surface area contributed by atoms with Gasteiger partial charge in [0.1, 0.15) is 5.82 Å². The number of ketones is 1. The number of Topliss-reactive ketones (excluding diaryl/α,β-unsaturated/α-hetero) is 1. The number of carboxylic acids is 1. The second-order valence-corrected chi connectivity index (χ2v) is 6.65. The van der Waals surface area contributed by atoms with E-state index in [0.29, 0.717) is 28.3 Å². The highest BCUT2D eigenvalue weighted by Gasteiger charge is 2.36. The van der Waals surface area contributed by atoms with Gasteiger partial charge in [-0.05, 0) is 31.2 Å². The number of hydrogen-bond acceptors (Lipinski definition) is 4. The minimum Gasteiger partial charge on any atom is -0.478 e. The average Bonchev–Trinajstić information content (AvgIpc) is 3.04. The van der Waals surface area contributed by atoms with Crippen molar-refractivity contribution < 1.29 is 19.5 Å². The van der Waals surface area contributed by atoms with Gasteiger partial charge < -0.3 is 10.4 Å². The molecule has 1 aliphatic heterocycles. The highest BCUT2D eigenvalue weighted by atomic mass is 16.4. The monoisotopic (exact) mass is 375 g/mol. The van der Waals surface area contributed by atoms with E-state index in [1.165, 1.54) is 12.1 Å². The van der Waals surface area contributed by atoms with E-state index in [0.717, 1.165) is 0 Å². The standard InChI is InChI=1S/C21H17N3O4/c1-12-18-16(19(26)13-5-3-2-4-6-13)11-17(25)22-20(18)24(23-12)15-9-7-14(8-10-15)21(27)28/h2-10,16H,11H2,1H3,(H,22,25)(H,27,28). The van der Waals surface area contributed by atoms with Crippen LogP contribution < -0.4 is 5.32 Å². The molecule has 2 heterocycles. The van der Waals surface area contributed by atoms with Gasteiger partial charge >= 0.3 is 5.97 Å². The fraction of sp³-hybridized carbons (Fsp3) is 0.143. The number of nitrogens with one attached hydrogen (secondary N) is 1. The molecule has 0 fully saturated rings. The number of anilines is 1. The van der Waals surface area contributed by atoms with Crippen LogP contribution in [0.15, 0.2) is 54.6 Å². The van der Waals surface area contributed by atoms with Crippen LogP contribution in [-0.4, -0.2) is 32.5 Å². The molecule has 7 nitrogen and oxygen atoms in total. The molecule has 0 bridgehead atoms. The third-order valence-electron chi connectivity index (χ3n) is 4.84. The van der Waals surface area contributed by atoms with Crippen LogP contribution in [0.1, 0.15) is 44.3 Å². The number of hydrogen-bond donors (Lipinski definition) is 2. The molecule has 0 saturated heterocycles. The van der Waals surface area contributed by atoms with Crippen molar-refractivity contribution in [2.45, 2.75) is 19.3 Å². The Bertz CT molecular complexity index is 1080. The minimum atomic E-state index is -1.02. The molecule has 0 saturated carbocycles. The lowest BCUT2D eigenvalue weighted by molar-refractivity contribution is -0.116. The van der Waals surface area contributed by atoms with Crippen molar-refractivity contribution in [1.82, 2.24) is 9.78 Å². The molecule has 2 N–H and O–H groups in total. The van der Waals surface area contributed by atoms with E-state index in [1.54, 1.807) is 48.0 Å². The van der Waals surface area contributed by atoms with E-state index in [9.17, 15) is 14.4 Å². The maximum absolute atomic E-state index is 13.0. The van der Waals surface area contributed by atoms with Crippen molar-refractivity contribution in [2.24, 2.45) is 0 Å². The largest absolute Gasteiger partial charge is 0.478 e. The first kappa shape index (κ1) is 17.7. The molecule has 1 aromatic heterocycles. The molecule has 1 unspecified atom stereocenters. The van der Waals surface area contributed by atoms with Gasteiger partial charge in [-0.15, -0.1) is 0 Å². The maximum atomic E-state index is 13.0. The molecule has 28 heavy (non-hydrogen) atoms. The van der Waals surface area contributed by atoms with Crippen LogP contribution in [-0.2, 0) is 4.79 Å². The Balaban J connectivity index is 1.79. The fourth-order valence-electron chi connectivity index (χ4n) is 3.51. The number of aryl methyl sites for hydroxylation is 1. The molecular weight excluding hydrogens is 358 g/mol. The molecule has 0 spiro atoms. The van der Waals surface area contributed by atoms with Crippen molar-refractivity contribution in [3.63, 3.8) is 0 Å². The van der Waals surface area contributed by atoms with Crippen LogP contribution >= 0.6 is 0 Å². The van der Waals surface area contributed by atoms with E-state index in [1.807, 2.05) is 6.07 Å². The lowest BCUT2D eigenvalue weighted by Gasteiger charge is -2.23. The predicted octanol–water partition coefficient (Wildman–Crippen LogP) is 3.19. The van der Waals surface area contributed by atoms with Crippen molar-refractivity contribution in [3.05, 3.63) is 77.0 Å². The van der Waals surface area contributed by atoms with Gasteiger partial charge in [-0.3, -0.25) is 9.59 Å². The van der Waals surface area contributed by atoms with Crippen molar-refractivity contribution in [2.75, 3.05) is 5.32 Å². The number of benzene rings is 2. The number of carbonyl (C=O) groups excluding carboxylic acids is 2. The normalized spacial score (nSPS) is 15.6. The second-order valence-electron chi connectivity index (χ2n) is 6.65. The molecule has 3 aromatic rings. The van der Waals surface area contributed by atoms with Crippen molar-refractivity contribution in [1.29, 1.82) is 0 Å². The molecule has 0 radical (unpaired) electrons. The lowest BCUT2D eigenvalue weighted by atomic mass is 9.85. The maximum Gasteiger partial charge on any atom is 0.335 e. The Morgan fingerprint density at radius 2 is 1.75 bits per heavy atom. The van der Waals surface area contributed by atoms with Gasteiger partial charge in [0, 0.05) is 17.5 Å². The molecular formula is C21H17N3O4. The molecule has 140 valence electrons. The topological polar surface area (TPSA) is 101 Å². The smallest absolute Gasteiger partial charge is 0.335 e. The second kappa shape index (κ2) is 6.77. The SMILES string of the molecule is Cc1nn(-c2ccc(C(=O)O)cc2)c2c1C(C(=O)c1ccccc1)CC(=O)N2. The van der Waals surface area contributed by atoms with E-state index in [2.05, 4.69) is 10.4 Å². The van der Waals surface area contributed by atoms with E-state index in [-0.39, 0.29) is 23.7 Å². The van der Waals surface area contributed by atoms with Gasteiger partial charge in [0.2, 0.25) is 5.91 Å². The van der Waals surface area contributed by atoms with Gasteiger partial charge in [-0.2, -0.15) is 5.10 Å². The molecule has 1 atom stereocenters. The van der Waals surface area contributed by atoms with Crippen LogP contribution in [0.25, 0.3) is 5.69 Å². The third kappa shape index (κ3) is 2.96. The number of amides is 1. The fourth-order valence-corrected chi connectivity index (χ4v) is 3.51. The highest BCUT2D eigenvalue weighted by Crippen LogP contribution is 2.38. The van der Waals surface area contributed by atoms with Gasteiger partial charge in [-0.1, -0.05) is 30.3 Å². The van der Waals surface area contributed by atoms with Gasteiger partial charge in [-0.25, -0.2) is 9.48 Å². The van der Waals surface area contributed by atoms with Crippen LogP contribution in [0, 0.1) is 6.92 Å². The molecule has 4 rings (SSSR count). The number of rotatable bonds is 4. The lowest BCUT2D eigenvalue weighted by Crippen LogP contribution is -2.28. The van der Waals surface area contributed by atoms with Crippen LogP contribution in [0.5, 0.6) is 0 Å². The Hall–Kier alpha value is -3.74. The summed E-state index contributed by atoms with van der Waals surface area (Å²) in [5.41, 5.74) is 2.64. The number of carbonyl (C=O) groups is 3.